The number of benzene rings is 2. The van der Waals surface area contributed by atoms with Gasteiger partial charge in [0.2, 0.25) is 0 Å². The van der Waals surface area contributed by atoms with Crippen LogP contribution in [0.1, 0.15) is 30.1 Å². The van der Waals surface area contributed by atoms with Gasteiger partial charge in [-0.3, -0.25) is 4.79 Å². The van der Waals surface area contributed by atoms with E-state index in [2.05, 4.69) is 21.2 Å². The third-order valence-corrected chi connectivity index (χ3v) is 3.79. The summed E-state index contributed by atoms with van der Waals surface area (Å²) in [5.41, 5.74) is 1.05. The maximum absolute atomic E-state index is 11.9. The smallest absolute Gasteiger partial charge is 0.338 e. The molecule has 1 amide bonds. The Kier molecular flexibility index (Phi) is 7.47. The number of amides is 1. The van der Waals surface area contributed by atoms with E-state index in [4.69, 9.17) is 9.47 Å². The maximum atomic E-state index is 11.9. The summed E-state index contributed by atoms with van der Waals surface area (Å²) in [6.07, 6.45) is 1.82. The Labute approximate surface area is 155 Å². The molecular weight excluding hydrogens is 386 g/mol. The molecule has 0 saturated carbocycles. The van der Waals surface area contributed by atoms with Crippen LogP contribution >= 0.6 is 15.9 Å². The molecule has 0 unspecified atom stereocenters. The minimum absolute atomic E-state index is 0.0999. The number of hydrogen-bond acceptors (Lipinski definition) is 4. The summed E-state index contributed by atoms with van der Waals surface area (Å²) < 4.78 is 11.4. The second-order valence-electron chi connectivity index (χ2n) is 5.36. The molecule has 2 aromatic carbocycles. The average Bonchev–Trinajstić information content (AvgIpc) is 2.61. The first-order valence-electron chi connectivity index (χ1n) is 8.04. The molecule has 0 saturated heterocycles. The molecule has 0 atom stereocenters. The molecule has 0 spiro atoms. The van der Waals surface area contributed by atoms with Crippen molar-refractivity contribution in [2.24, 2.45) is 0 Å². The summed E-state index contributed by atoms with van der Waals surface area (Å²) >= 11 is 3.34. The van der Waals surface area contributed by atoms with Gasteiger partial charge in [0.05, 0.1) is 12.2 Å². The maximum Gasteiger partial charge on any atom is 0.338 e. The van der Waals surface area contributed by atoms with Gasteiger partial charge in [0.25, 0.3) is 5.91 Å². The lowest BCUT2D eigenvalue weighted by atomic mass is 10.2. The number of unbranched alkanes of at least 4 members (excludes halogenated alkanes) is 1. The molecule has 0 bridgehead atoms. The molecule has 0 heterocycles. The summed E-state index contributed by atoms with van der Waals surface area (Å²) in [4.78, 5) is 23.7. The van der Waals surface area contributed by atoms with Crippen molar-refractivity contribution >= 4 is 33.5 Å². The highest BCUT2D eigenvalue weighted by molar-refractivity contribution is 9.10. The number of hydrogen-bond donors (Lipinski definition) is 1. The van der Waals surface area contributed by atoms with Crippen LogP contribution in [0, 0.1) is 0 Å². The van der Waals surface area contributed by atoms with Crippen LogP contribution in [0.5, 0.6) is 5.75 Å². The molecule has 132 valence electrons. The van der Waals surface area contributed by atoms with E-state index in [0.29, 0.717) is 23.6 Å². The SMILES string of the molecule is CCCCOC(=O)c1ccc(NC(=O)COc2cccc(Br)c2)cc1. The fourth-order valence-corrected chi connectivity index (χ4v) is 2.36. The van der Waals surface area contributed by atoms with Crippen molar-refractivity contribution in [2.45, 2.75) is 19.8 Å². The first kappa shape index (κ1) is 19.0. The van der Waals surface area contributed by atoms with Crippen molar-refractivity contribution in [2.75, 3.05) is 18.5 Å². The van der Waals surface area contributed by atoms with Gasteiger partial charge in [-0.05, 0) is 48.9 Å². The van der Waals surface area contributed by atoms with Crippen molar-refractivity contribution in [1.82, 2.24) is 0 Å². The Hall–Kier alpha value is -2.34. The third kappa shape index (κ3) is 6.58. The Morgan fingerprint density at radius 1 is 1.12 bits per heavy atom. The fourth-order valence-electron chi connectivity index (χ4n) is 1.98. The standard InChI is InChI=1S/C19H20BrNO4/c1-2-3-11-24-19(23)14-7-9-16(10-8-14)21-18(22)13-25-17-6-4-5-15(20)12-17/h4-10,12H,2-3,11,13H2,1H3,(H,21,22). The van der Waals surface area contributed by atoms with Crippen LogP contribution in [0.2, 0.25) is 0 Å². The van der Waals surface area contributed by atoms with E-state index >= 15 is 0 Å². The Morgan fingerprint density at radius 3 is 2.56 bits per heavy atom. The second-order valence-corrected chi connectivity index (χ2v) is 6.28. The van der Waals surface area contributed by atoms with Gasteiger partial charge in [-0.1, -0.05) is 35.3 Å². The van der Waals surface area contributed by atoms with Crippen molar-refractivity contribution in [3.05, 3.63) is 58.6 Å². The van der Waals surface area contributed by atoms with Gasteiger partial charge in [-0.2, -0.15) is 0 Å². The number of nitrogens with one attached hydrogen (secondary N) is 1. The van der Waals surface area contributed by atoms with Crippen molar-refractivity contribution in [3.8, 4) is 5.75 Å². The van der Waals surface area contributed by atoms with E-state index in [-0.39, 0.29) is 18.5 Å². The van der Waals surface area contributed by atoms with Gasteiger partial charge < -0.3 is 14.8 Å². The van der Waals surface area contributed by atoms with E-state index in [1.165, 1.54) is 0 Å². The summed E-state index contributed by atoms with van der Waals surface area (Å²) in [6.45, 7) is 2.35. The largest absolute Gasteiger partial charge is 0.484 e. The third-order valence-electron chi connectivity index (χ3n) is 3.30. The Bertz CT molecular complexity index is 716. The summed E-state index contributed by atoms with van der Waals surface area (Å²) in [5.74, 6) is -0.0303. The number of esters is 1. The van der Waals surface area contributed by atoms with Crippen LogP contribution in [-0.2, 0) is 9.53 Å². The number of carbonyl (C=O) groups excluding carboxylic acids is 2. The Morgan fingerprint density at radius 2 is 1.88 bits per heavy atom. The monoisotopic (exact) mass is 405 g/mol. The zero-order chi connectivity index (χ0) is 18.1. The summed E-state index contributed by atoms with van der Waals surface area (Å²) in [5, 5.41) is 2.72. The highest BCUT2D eigenvalue weighted by Gasteiger charge is 2.08. The van der Waals surface area contributed by atoms with Gasteiger partial charge >= 0.3 is 5.97 Å². The molecule has 0 radical (unpaired) electrons. The molecule has 0 fully saturated rings. The average molecular weight is 406 g/mol. The lowest BCUT2D eigenvalue weighted by Gasteiger charge is -2.08. The van der Waals surface area contributed by atoms with E-state index in [1.54, 1.807) is 36.4 Å². The summed E-state index contributed by atoms with van der Waals surface area (Å²) in [6, 6.07) is 13.8. The molecule has 0 aliphatic heterocycles. The normalized spacial score (nSPS) is 10.2. The molecule has 5 nitrogen and oxygen atoms in total. The first-order chi connectivity index (χ1) is 12.1. The van der Waals surface area contributed by atoms with E-state index in [9.17, 15) is 9.59 Å². The van der Waals surface area contributed by atoms with Crippen molar-refractivity contribution in [3.63, 3.8) is 0 Å². The zero-order valence-electron chi connectivity index (χ0n) is 14.0. The van der Waals surface area contributed by atoms with Crippen LogP contribution in [0.25, 0.3) is 0 Å². The van der Waals surface area contributed by atoms with Crippen LogP contribution in [0.3, 0.4) is 0 Å². The number of carbonyl (C=O) groups is 2. The van der Waals surface area contributed by atoms with Crippen molar-refractivity contribution < 1.29 is 19.1 Å². The lowest BCUT2D eigenvalue weighted by Crippen LogP contribution is -2.20. The first-order valence-corrected chi connectivity index (χ1v) is 8.83. The number of anilines is 1. The van der Waals surface area contributed by atoms with E-state index in [1.807, 2.05) is 19.1 Å². The molecule has 2 aromatic rings. The number of halogens is 1. The molecule has 6 heteroatoms. The Balaban J connectivity index is 1.81. The molecule has 1 N–H and O–H groups in total. The predicted octanol–water partition coefficient (Wildman–Crippen LogP) is 4.42. The fraction of sp³-hybridized carbons (Fsp3) is 0.263. The van der Waals surface area contributed by atoms with Gasteiger partial charge in [-0.25, -0.2) is 4.79 Å². The minimum Gasteiger partial charge on any atom is -0.484 e. The van der Waals surface area contributed by atoms with Gasteiger partial charge in [0.1, 0.15) is 5.75 Å². The van der Waals surface area contributed by atoms with E-state index < -0.39 is 0 Å². The predicted molar refractivity (Wildman–Crippen MR) is 99.9 cm³/mol. The summed E-state index contributed by atoms with van der Waals surface area (Å²) in [7, 11) is 0. The number of rotatable bonds is 8. The van der Waals surface area contributed by atoms with Crippen LogP contribution in [0.4, 0.5) is 5.69 Å². The molecule has 25 heavy (non-hydrogen) atoms. The molecule has 0 aromatic heterocycles. The molecular formula is C19H20BrNO4. The van der Waals surface area contributed by atoms with Crippen LogP contribution in [-0.4, -0.2) is 25.1 Å². The zero-order valence-corrected chi connectivity index (χ0v) is 15.5. The molecule has 2 rings (SSSR count). The quantitative estimate of drug-likeness (QED) is 0.521. The van der Waals surface area contributed by atoms with Gasteiger partial charge in [0.15, 0.2) is 6.61 Å². The second kappa shape index (κ2) is 9.84. The highest BCUT2D eigenvalue weighted by atomic mass is 79.9. The van der Waals surface area contributed by atoms with Crippen molar-refractivity contribution in [1.29, 1.82) is 0 Å². The van der Waals surface area contributed by atoms with Crippen LogP contribution < -0.4 is 10.1 Å². The molecule has 0 aliphatic rings. The lowest BCUT2D eigenvalue weighted by molar-refractivity contribution is -0.118. The van der Waals surface area contributed by atoms with Crippen LogP contribution in [0.15, 0.2) is 53.0 Å². The highest BCUT2D eigenvalue weighted by Crippen LogP contribution is 2.17. The van der Waals surface area contributed by atoms with Gasteiger partial charge in [0, 0.05) is 10.2 Å². The van der Waals surface area contributed by atoms with E-state index in [0.717, 1.165) is 17.3 Å². The minimum atomic E-state index is -0.357. The topological polar surface area (TPSA) is 64.6 Å². The number of ether oxygens (including phenoxy) is 2. The van der Waals surface area contributed by atoms with Gasteiger partial charge in [-0.15, -0.1) is 0 Å². The molecule has 0 aliphatic carbocycles.